The number of amides is 1. The average Bonchev–Trinajstić information content (AvgIpc) is 2.86. The summed E-state index contributed by atoms with van der Waals surface area (Å²) in [4.78, 5) is 27.0. The smallest absolute Gasteiger partial charge is 0.245 e. The van der Waals surface area contributed by atoms with Crippen molar-refractivity contribution >= 4 is 17.4 Å². The second-order valence-electron chi connectivity index (χ2n) is 9.05. The van der Waals surface area contributed by atoms with E-state index in [9.17, 15) is 14.9 Å². The third kappa shape index (κ3) is 2.39. The lowest BCUT2D eigenvalue weighted by atomic mass is 9.61. The second kappa shape index (κ2) is 5.94. The van der Waals surface area contributed by atoms with Crippen LogP contribution in [-0.4, -0.2) is 35.8 Å². The van der Waals surface area contributed by atoms with Gasteiger partial charge in [-0.05, 0) is 24.8 Å². The number of nitrogens with two attached hydrogens (primary N) is 1. The topological polar surface area (TPSA) is 102 Å². The highest BCUT2D eigenvalue weighted by Crippen LogP contribution is 2.56. The lowest BCUT2D eigenvalue weighted by Crippen LogP contribution is -2.54. The first kappa shape index (κ1) is 19.2. The summed E-state index contributed by atoms with van der Waals surface area (Å²) < 4.78 is 0. The van der Waals surface area contributed by atoms with Gasteiger partial charge in [-0.2, -0.15) is 5.26 Å². The number of nitrogens with one attached hydrogen (secondary N) is 1. The van der Waals surface area contributed by atoms with Crippen LogP contribution in [0.4, 0.5) is 5.69 Å². The summed E-state index contributed by atoms with van der Waals surface area (Å²) in [6.45, 7) is 5.98. The Balaban J connectivity index is 2.16. The van der Waals surface area contributed by atoms with Gasteiger partial charge >= 0.3 is 0 Å². The highest BCUT2D eigenvalue weighted by molar-refractivity contribution is 6.19. The molecular formula is C22H25N5O2. The largest absolute Gasteiger partial charge is 0.383 e. The first-order valence-electron chi connectivity index (χ1n) is 9.61. The lowest BCUT2D eigenvalue weighted by Gasteiger charge is -2.48. The Morgan fingerprint density at radius 1 is 1.24 bits per heavy atom. The van der Waals surface area contributed by atoms with Crippen LogP contribution in [0.1, 0.15) is 37.8 Å². The van der Waals surface area contributed by atoms with E-state index < -0.39 is 11.3 Å². The van der Waals surface area contributed by atoms with Gasteiger partial charge in [-0.3, -0.25) is 14.6 Å². The number of allylic oxidation sites excluding steroid dienone is 1. The molecule has 0 saturated carbocycles. The maximum atomic E-state index is 13.5. The zero-order valence-electron chi connectivity index (χ0n) is 17.4. The van der Waals surface area contributed by atoms with Crippen LogP contribution in [0, 0.1) is 23.7 Å². The molecule has 3 aliphatic rings. The van der Waals surface area contributed by atoms with E-state index in [0.29, 0.717) is 35.4 Å². The normalized spacial score (nSPS) is 25.3. The summed E-state index contributed by atoms with van der Waals surface area (Å²) >= 11 is 0. The molecule has 150 valence electrons. The standard InChI is InChI=1S/C22H25N5O2/c1-12-6-7-15-13(8-12)22(20(29)25-15)14(11-23)19(24)27(26(4)5)16-9-21(2,3)10-17(28)18(16)22/h6-8H,9-10,24H2,1-5H3,(H,25,29)/t22-/m0/s1. The number of rotatable bonds is 1. The van der Waals surface area contributed by atoms with E-state index in [-0.39, 0.29) is 22.6 Å². The van der Waals surface area contributed by atoms with Gasteiger partial charge in [0.2, 0.25) is 5.91 Å². The minimum Gasteiger partial charge on any atom is -0.383 e. The molecule has 1 aromatic carbocycles. The molecule has 0 radical (unpaired) electrons. The molecule has 0 aromatic heterocycles. The number of carbonyl (C=O) groups is 2. The lowest BCUT2D eigenvalue weighted by molar-refractivity contribution is -0.124. The highest BCUT2D eigenvalue weighted by atomic mass is 16.2. The van der Waals surface area contributed by atoms with Crippen molar-refractivity contribution in [2.75, 3.05) is 19.4 Å². The number of nitriles is 1. The SMILES string of the molecule is Cc1ccc2c(c1)[C@]1(C(=O)N2)C(C#N)=C(N)N(N(C)C)C2=C1C(=O)CC(C)(C)C2. The second-order valence-corrected chi connectivity index (χ2v) is 9.05. The van der Waals surface area contributed by atoms with Crippen LogP contribution in [-0.2, 0) is 15.0 Å². The summed E-state index contributed by atoms with van der Waals surface area (Å²) in [7, 11) is 3.62. The maximum absolute atomic E-state index is 13.5. The molecule has 0 saturated heterocycles. The average molecular weight is 391 g/mol. The molecule has 1 amide bonds. The number of benzene rings is 1. The predicted octanol–water partition coefficient (Wildman–Crippen LogP) is 2.31. The fourth-order valence-corrected chi connectivity index (χ4v) is 4.97. The van der Waals surface area contributed by atoms with Gasteiger partial charge in [0.05, 0.1) is 5.57 Å². The highest BCUT2D eigenvalue weighted by Gasteiger charge is 2.61. The third-order valence-corrected chi connectivity index (χ3v) is 6.02. The van der Waals surface area contributed by atoms with E-state index in [1.54, 1.807) is 10.0 Å². The molecule has 4 rings (SSSR count). The van der Waals surface area contributed by atoms with Crippen molar-refractivity contribution in [1.82, 2.24) is 10.0 Å². The fraction of sp³-hybridized carbons (Fsp3) is 0.409. The van der Waals surface area contributed by atoms with E-state index in [2.05, 4.69) is 11.4 Å². The van der Waals surface area contributed by atoms with E-state index in [4.69, 9.17) is 5.73 Å². The van der Waals surface area contributed by atoms with E-state index in [1.165, 1.54) is 0 Å². The Kier molecular flexibility index (Phi) is 3.94. The zero-order chi connectivity index (χ0) is 21.3. The Labute approximate surface area is 170 Å². The number of fused-ring (bicyclic) bond motifs is 3. The first-order valence-corrected chi connectivity index (χ1v) is 9.61. The van der Waals surface area contributed by atoms with Crippen molar-refractivity contribution in [2.24, 2.45) is 11.1 Å². The summed E-state index contributed by atoms with van der Waals surface area (Å²) in [6, 6.07) is 7.77. The van der Waals surface area contributed by atoms with Gasteiger partial charge in [-0.1, -0.05) is 31.5 Å². The number of Topliss-reactive ketones (excluding diaryl/α,β-unsaturated/α-hetero) is 1. The number of aryl methyl sites for hydroxylation is 1. The van der Waals surface area contributed by atoms with Crippen LogP contribution >= 0.6 is 0 Å². The van der Waals surface area contributed by atoms with Gasteiger partial charge in [0, 0.05) is 43.0 Å². The molecule has 1 aromatic rings. The van der Waals surface area contributed by atoms with Crippen LogP contribution in [0.15, 0.2) is 40.9 Å². The van der Waals surface area contributed by atoms with Crippen LogP contribution in [0.2, 0.25) is 0 Å². The molecule has 2 heterocycles. The third-order valence-electron chi connectivity index (χ3n) is 6.02. The van der Waals surface area contributed by atoms with Gasteiger partial charge in [0.1, 0.15) is 17.3 Å². The number of ketones is 1. The Hall–Kier alpha value is -3.11. The molecule has 7 nitrogen and oxygen atoms in total. The molecule has 2 aliphatic heterocycles. The molecule has 0 unspecified atom stereocenters. The molecule has 0 bridgehead atoms. The summed E-state index contributed by atoms with van der Waals surface area (Å²) in [5.41, 5.74) is 8.07. The number of carbonyl (C=O) groups excluding carboxylic acids is 2. The van der Waals surface area contributed by atoms with E-state index in [0.717, 1.165) is 5.56 Å². The van der Waals surface area contributed by atoms with Gasteiger partial charge in [0.25, 0.3) is 0 Å². The van der Waals surface area contributed by atoms with Crippen molar-refractivity contribution in [3.8, 4) is 6.07 Å². The summed E-state index contributed by atoms with van der Waals surface area (Å²) in [5, 5.41) is 16.5. The monoisotopic (exact) mass is 391 g/mol. The first-order chi connectivity index (χ1) is 13.5. The van der Waals surface area contributed by atoms with Gasteiger partial charge in [-0.15, -0.1) is 0 Å². The summed E-state index contributed by atoms with van der Waals surface area (Å²) in [5.74, 6) is -0.323. The quantitative estimate of drug-likeness (QED) is 0.762. The van der Waals surface area contributed by atoms with Crippen molar-refractivity contribution in [1.29, 1.82) is 5.26 Å². The number of hydrogen-bond donors (Lipinski definition) is 2. The van der Waals surface area contributed by atoms with Crippen LogP contribution in [0.3, 0.4) is 0 Å². The zero-order valence-corrected chi connectivity index (χ0v) is 17.4. The minimum atomic E-state index is -1.50. The van der Waals surface area contributed by atoms with Crippen LogP contribution < -0.4 is 11.1 Å². The van der Waals surface area contributed by atoms with Crippen LogP contribution in [0.5, 0.6) is 0 Å². The van der Waals surface area contributed by atoms with Crippen molar-refractivity contribution < 1.29 is 9.59 Å². The number of hydrazine groups is 1. The number of nitrogens with zero attached hydrogens (tertiary/aromatic N) is 3. The van der Waals surface area contributed by atoms with Crippen molar-refractivity contribution in [3.05, 3.63) is 52.0 Å². The molecule has 1 aliphatic carbocycles. The summed E-state index contributed by atoms with van der Waals surface area (Å²) in [6.07, 6.45) is 0.879. The van der Waals surface area contributed by atoms with E-state index in [1.807, 2.05) is 53.1 Å². The molecule has 7 heteroatoms. The predicted molar refractivity (Wildman–Crippen MR) is 109 cm³/mol. The molecule has 0 fully saturated rings. The van der Waals surface area contributed by atoms with Crippen LogP contribution in [0.25, 0.3) is 0 Å². The Morgan fingerprint density at radius 2 is 1.93 bits per heavy atom. The maximum Gasteiger partial charge on any atom is 0.245 e. The molecule has 3 N–H and O–H groups in total. The van der Waals surface area contributed by atoms with Crippen molar-refractivity contribution in [2.45, 2.75) is 39.0 Å². The van der Waals surface area contributed by atoms with Gasteiger partial charge in [0.15, 0.2) is 5.78 Å². The Morgan fingerprint density at radius 3 is 2.55 bits per heavy atom. The van der Waals surface area contributed by atoms with Gasteiger partial charge in [-0.25, -0.2) is 5.01 Å². The molecule has 29 heavy (non-hydrogen) atoms. The van der Waals surface area contributed by atoms with Crippen molar-refractivity contribution in [3.63, 3.8) is 0 Å². The van der Waals surface area contributed by atoms with E-state index >= 15 is 0 Å². The van der Waals surface area contributed by atoms with Gasteiger partial charge < -0.3 is 11.1 Å². The molecule has 1 atom stereocenters. The Bertz CT molecular complexity index is 1070. The number of anilines is 1. The fourth-order valence-electron chi connectivity index (χ4n) is 4.97. The molecular weight excluding hydrogens is 366 g/mol. The molecule has 1 spiro atoms. The number of hydrogen-bond acceptors (Lipinski definition) is 6. The minimum absolute atomic E-state index is 0.0971.